The summed E-state index contributed by atoms with van der Waals surface area (Å²) in [6, 6.07) is 7.97. The van der Waals surface area contributed by atoms with E-state index in [0.717, 1.165) is 12.0 Å². The van der Waals surface area contributed by atoms with Gasteiger partial charge in [0.2, 0.25) is 0 Å². The number of hydrogen-bond donors (Lipinski definition) is 1. The molecule has 1 aromatic carbocycles. The summed E-state index contributed by atoms with van der Waals surface area (Å²) in [5.41, 5.74) is 2.60. The Hall–Kier alpha value is -1.68. The van der Waals surface area contributed by atoms with E-state index in [-0.39, 0.29) is 10.6 Å². The highest BCUT2D eigenvalue weighted by molar-refractivity contribution is 5.68. The third-order valence-electron chi connectivity index (χ3n) is 3.59. The van der Waals surface area contributed by atoms with Crippen LogP contribution < -0.4 is 5.32 Å². The van der Waals surface area contributed by atoms with Crippen molar-refractivity contribution in [3.8, 4) is 0 Å². The first kappa shape index (κ1) is 10.5. The molecule has 2 aliphatic rings. The van der Waals surface area contributed by atoms with E-state index in [9.17, 15) is 10.1 Å². The number of nitro benzene ring substituents is 1. The van der Waals surface area contributed by atoms with E-state index in [1.807, 2.05) is 12.1 Å². The van der Waals surface area contributed by atoms with Crippen LogP contribution in [0.3, 0.4) is 0 Å². The highest BCUT2D eigenvalue weighted by Crippen LogP contribution is 2.32. The molecule has 1 N–H and O–H groups in total. The molecule has 2 aliphatic heterocycles. The van der Waals surface area contributed by atoms with Crippen LogP contribution in [0.15, 0.2) is 30.3 Å². The highest BCUT2D eigenvalue weighted by atomic mass is 16.6. The van der Waals surface area contributed by atoms with Gasteiger partial charge in [0.1, 0.15) is 0 Å². The van der Waals surface area contributed by atoms with Gasteiger partial charge in [-0.15, -0.1) is 0 Å². The number of hydrogen-bond acceptors (Lipinski definition) is 3. The van der Waals surface area contributed by atoms with E-state index in [0.29, 0.717) is 12.1 Å². The smallest absolute Gasteiger partial charge is 0.269 e. The van der Waals surface area contributed by atoms with Gasteiger partial charge in [-0.2, -0.15) is 0 Å². The predicted molar refractivity (Wildman–Crippen MR) is 65.6 cm³/mol. The zero-order valence-electron chi connectivity index (χ0n) is 9.43. The van der Waals surface area contributed by atoms with E-state index in [1.54, 1.807) is 12.1 Å². The third kappa shape index (κ3) is 1.96. The Bertz CT molecular complexity index is 479. The molecule has 2 heterocycles. The molecule has 0 aromatic heterocycles. The lowest BCUT2D eigenvalue weighted by molar-refractivity contribution is -0.384. The average molecular weight is 230 g/mol. The summed E-state index contributed by atoms with van der Waals surface area (Å²) in [6.07, 6.45) is 5.75. The normalized spacial score (nSPS) is 26.7. The zero-order chi connectivity index (χ0) is 11.8. The molecule has 0 unspecified atom stereocenters. The van der Waals surface area contributed by atoms with E-state index in [2.05, 4.69) is 11.4 Å². The van der Waals surface area contributed by atoms with Crippen molar-refractivity contribution < 1.29 is 4.92 Å². The van der Waals surface area contributed by atoms with Crippen molar-refractivity contribution in [3.63, 3.8) is 0 Å². The number of nitro groups is 1. The van der Waals surface area contributed by atoms with Crippen LogP contribution in [0, 0.1) is 10.1 Å². The van der Waals surface area contributed by atoms with E-state index >= 15 is 0 Å². The van der Waals surface area contributed by atoms with Crippen molar-refractivity contribution >= 4 is 11.3 Å². The monoisotopic (exact) mass is 230 g/mol. The van der Waals surface area contributed by atoms with E-state index < -0.39 is 0 Å². The number of fused-ring (bicyclic) bond motifs is 2. The molecule has 2 atom stereocenters. The minimum atomic E-state index is -0.357. The number of benzene rings is 1. The zero-order valence-corrected chi connectivity index (χ0v) is 9.43. The Balaban J connectivity index is 1.87. The first-order valence-electron chi connectivity index (χ1n) is 5.94. The van der Waals surface area contributed by atoms with Gasteiger partial charge in [0.25, 0.3) is 5.69 Å². The lowest BCUT2D eigenvalue weighted by Gasteiger charge is -2.21. The molecule has 0 aliphatic carbocycles. The summed E-state index contributed by atoms with van der Waals surface area (Å²) >= 11 is 0. The van der Waals surface area contributed by atoms with Crippen LogP contribution in [0.5, 0.6) is 0 Å². The molecule has 1 saturated heterocycles. The molecule has 4 heteroatoms. The van der Waals surface area contributed by atoms with Crippen LogP contribution in [0.2, 0.25) is 0 Å². The second kappa shape index (κ2) is 3.96. The fourth-order valence-electron chi connectivity index (χ4n) is 2.73. The maximum atomic E-state index is 10.6. The summed E-state index contributed by atoms with van der Waals surface area (Å²) in [4.78, 5) is 10.2. The van der Waals surface area contributed by atoms with Crippen LogP contribution >= 0.6 is 0 Å². The summed E-state index contributed by atoms with van der Waals surface area (Å²) in [7, 11) is 0. The van der Waals surface area contributed by atoms with Gasteiger partial charge in [-0.1, -0.05) is 6.08 Å². The predicted octanol–water partition coefficient (Wildman–Crippen LogP) is 2.50. The maximum Gasteiger partial charge on any atom is 0.269 e. The van der Waals surface area contributed by atoms with Crippen molar-refractivity contribution in [2.24, 2.45) is 0 Å². The van der Waals surface area contributed by atoms with Crippen LogP contribution in [0.25, 0.3) is 5.57 Å². The summed E-state index contributed by atoms with van der Waals surface area (Å²) in [5.74, 6) is 0. The quantitative estimate of drug-likeness (QED) is 0.627. The van der Waals surface area contributed by atoms with Gasteiger partial charge in [-0.05, 0) is 42.5 Å². The molecule has 0 saturated carbocycles. The second-order valence-electron chi connectivity index (χ2n) is 4.75. The molecule has 88 valence electrons. The molecule has 3 rings (SSSR count). The molecular weight excluding hydrogens is 216 g/mol. The number of nitrogens with zero attached hydrogens (tertiary/aromatic N) is 1. The van der Waals surface area contributed by atoms with Crippen LogP contribution in [0.4, 0.5) is 5.69 Å². The van der Waals surface area contributed by atoms with Crippen molar-refractivity contribution in [3.05, 3.63) is 46.0 Å². The largest absolute Gasteiger partial charge is 0.307 e. The Kier molecular flexibility index (Phi) is 2.44. The standard InChI is InChI=1S/C13H14N2O2/c16-15(17)13-5-1-9(2-6-13)10-7-11-3-4-12(8-10)14-11/h1-2,5-7,11-12,14H,3-4,8H2/t11-,12+/m1/s1. The van der Waals surface area contributed by atoms with Gasteiger partial charge < -0.3 is 5.32 Å². The van der Waals surface area contributed by atoms with Gasteiger partial charge in [0.15, 0.2) is 0 Å². The third-order valence-corrected chi connectivity index (χ3v) is 3.59. The molecule has 0 amide bonds. The Morgan fingerprint density at radius 2 is 2.00 bits per heavy atom. The molecule has 17 heavy (non-hydrogen) atoms. The maximum absolute atomic E-state index is 10.6. The van der Waals surface area contributed by atoms with Gasteiger partial charge in [-0.25, -0.2) is 0 Å². The summed E-state index contributed by atoms with van der Waals surface area (Å²) in [5, 5.41) is 14.1. The average Bonchev–Trinajstić information content (AvgIpc) is 2.68. The first-order valence-corrected chi connectivity index (χ1v) is 5.94. The van der Waals surface area contributed by atoms with Crippen LogP contribution in [-0.2, 0) is 0 Å². The lowest BCUT2D eigenvalue weighted by Crippen LogP contribution is -2.31. The molecule has 1 aromatic rings. The van der Waals surface area contributed by atoms with Gasteiger partial charge in [-0.3, -0.25) is 10.1 Å². The van der Waals surface area contributed by atoms with Crippen LogP contribution in [0.1, 0.15) is 24.8 Å². The van der Waals surface area contributed by atoms with Crippen LogP contribution in [-0.4, -0.2) is 17.0 Å². The van der Waals surface area contributed by atoms with Crippen molar-refractivity contribution in [1.29, 1.82) is 0 Å². The molecule has 1 fully saturated rings. The Morgan fingerprint density at radius 3 is 2.65 bits per heavy atom. The topological polar surface area (TPSA) is 55.2 Å². The van der Waals surface area contributed by atoms with E-state index in [4.69, 9.17) is 0 Å². The van der Waals surface area contributed by atoms with Crippen molar-refractivity contribution in [1.82, 2.24) is 5.32 Å². The molecule has 4 nitrogen and oxygen atoms in total. The highest BCUT2D eigenvalue weighted by Gasteiger charge is 2.28. The van der Waals surface area contributed by atoms with E-state index in [1.165, 1.54) is 18.4 Å². The SMILES string of the molecule is O=[N+]([O-])c1ccc(C2=C[C@H]3CC[C@@H](C2)N3)cc1. The van der Waals surface area contributed by atoms with Gasteiger partial charge in [0.05, 0.1) is 4.92 Å². The fourth-order valence-corrected chi connectivity index (χ4v) is 2.73. The minimum absolute atomic E-state index is 0.159. The second-order valence-corrected chi connectivity index (χ2v) is 4.75. The van der Waals surface area contributed by atoms with Crippen molar-refractivity contribution in [2.45, 2.75) is 31.3 Å². The minimum Gasteiger partial charge on any atom is -0.307 e. The molecular formula is C13H14N2O2. The first-order chi connectivity index (χ1) is 8.22. The van der Waals surface area contributed by atoms with Gasteiger partial charge in [0, 0.05) is 24.2 Å². The molecule has 0 spiro atoms. The molecule has 2 bridgehead atoms. The van der Waals surface area contributed by atoms with Crippen molar-refractivity contribution in [2.75, 3.05) is 0 Å². The number of non-ortho nitro benzene ring substituents is 1. The fraction of sp³-hybridized carbons (Fsp3) is 0.385. The Morgan fingerprint density at radius 1 is 1.24 bits per heavy atom. The summed E-state index contributed by atoms with van der Waals surface area (Å²) < 4.78 is 0. The lowest BCUT2D eigenvalue weighted by atomic mass is 9.96. The summed E-state index contributed by atoms with van der Waals surface area (Å²) in [6.45, 7) is 0. The number of rotatable bonds is 2. The van der Waals surface area contributed by atoms with Gasteiger partial charge >= 0.3 is 0 Å². The number of nitrogens with one attached hydrogen (secondary N) is 1. The Labute approximate surface area is 99.5 Å². The molecule has 0 radical (unpaired) electrons.